The van der Waals surface area contributed by atoms with Crippen LogP contribution in [0.3, 0.4) is 0 Å². The number of nitrogen functional groups attached to an aromatic ring is 1. The van der Waals surface area contributed by atoms with Crippen molar-refractivity contribution < 1.29 is 19.1 Å². The Hall–Kier alpha value is -1.59. The molecule has 0 aliphatic heterocycles. The first-order chi connectivity index (χ1) is 5.18. The summed E-state index contributed by atoms with van der Waals surface area (Å²) in [5.74, 6) is -0.700. The van der Waals surface area contributed by atoms with Crippen molar-refractivity contribution in [1.29, 1.82) is 0 Å². The molecule has 0 aliphatic carbocycles. The lowest BCUT2D eigenvalue weighted by Gasteiger charge is -1.82. The van der Waals surface area contributed by atoms with Gasteiger partial charge in [0.05, 0.1) is 0 Å². The molecule has 0 saturated heterocycles. The van der Waals surface area contributed by atoms with Crippen molar-refractivity contribution in [1.82, 2.24) is 5.27 Å². The SMILES string of the molecule is Nc1c[n+](CCC(=O)O)no1. The van der Waals surface area contributed by atoms with Gasteiger partial charge in [-0.25, -0.2) is 0 Å². The summed E-state index contributed by atoms with van der Waals surface area (Å²) in [5.41, 5.74) is 5.19. The van der Waals surface area contributed by atoms with Gasteiger partial charge in [-0.2, -0.15) is 0 Å². The summed E-state index contributed by atoms with van der Waals surface area (Å²) < 4.78 is 5.83. The molecule has 11 heavy (non-hydrogen) atoms. The maximum atomic E-state index is 10.1. The fourth-order valence-electron chi connectivity index (χ4n) is 0.609. The van der Waals surface area contributed by atoms with E-state index < -0.39 is 5.97 Å². The molecule has 1 rings (SSSR count). The fourth-order valence-corrected chi connectivity index (χ4v) is 0.609. The van der Waals surface area contributed by atoms with Crippen molar-refractivity contribution in [2.45, 2.75) is 13.0 Å². The Morgan fingerprint density at radius 1 is 1.91 bits per heavy atom. The van der Waals surface area contributed by atoms with Crippen molar-refractivity contribution >= 4 is 11.9 Å². The number of aliphatic carboxylic acids is 1. The number of carbonyl (C=O) groups is 1. The van der Waals surface area contributed by atoms with Gasteiger partial charge < -0.3 is 10.8 Å². The zero-order valence-electron chi connectivity index (χ0n) is 5.73. The highest BCUT2D eigenvalue weighted by Crippen LogP contribution is 1.90. The Morgan fingerprint density at radius 3 is 3.09 bits per heavy atom. The van der Waals surface area contributed by atoms with Gasteiger partial charge in [0.2, 0.25) is 5.27 Å². The molecule has 0 saturated carbocycles. The maximum absolute atomic E-state index is 10.1. The van der Waals surface area contributed by atoms with E-state index in [0.29, 0.717) is 0 Å². The third kappa shape index (κ3) is 2.24. The maximum Gasteiger partial charge on any atom is 0.309 e. The molecule has 1 aromatic rings. The molecule has 60 valence electrons. The lowest BCUT2D eigenvalue weighted by molar-refractivity contribution is -0.761. The standard InChI is InChI=1S/C5H7N3O3/c6-4-3-8(7-11-4)2-1-5(9)10/h3H,1-2H2,(H2-,6,7,9,10)/p+1. The van der Waals surface area contributed by atoms with Gasteiger partial charge in [0.15, 0.2) is 6.54 Å². The molecule has 0 fully saturated rings. The topological polar surface area (TPSA) is 93.2 Å². The van der Waals surface area contributed by atoms with Gasteiger partial charge in [0.1, 0.15) is 6.42 Å². The van der Waals surface area contributed by atoms with Crippen LogP contribution < -0.4 is 10.4 Å². The van der Waals surface area contributed by atoms with E-state index in [9.17, 15) is 4.79 Å². The van der Waals surface area contributed by atoms with Gasteiger partial charge in [-0.15, -0.1) is 0 Å². The molecule has 0 spiro atoms. The van der Waals surface area contributed by atoms with Crippen LogP contribution in [0.25, 0.3) is 0 Å². The zero-order chi connectivity index (χ0) is 8.27. The number of aryl methyl sites for hydroxylation is 1. The molecule has 0 unspecified atom stereocenters. The molecule has 0 aliphatic rings. The quantitative estimate of drug-likeness (QED) is 0.551. The lowest BCUT2D eigenvalue weighted by atomic mass is 10.4. The van der Waals surface area contributed by atoms with Crippen LogP contribution in [0.4, 0.5) is 5.88 Å². The minimum absolute atomic E-state index is 0.0106. The molecular weight excluding hydrogens is 150 g/mol. The molecular formula is C5H8N3O3+. The minimum Gasteiger partial charge on any atom is -0.481 e. The highest BCUT2D eigenvalue weighted by atomic mass is 16.5. The largest absolute Gasteiger partial charge is 0.481 e. The summed E-state index contributed by atoms with van der Waals surface area (Å²) in [6.07, 6.45) is 1.44. The van der Waals surface area contributed by atoms with E-state index in [1.807, 2.05) is 0 Å². The Labute approximate surface area is 62.2 Å². The number of nitrogens with zero attached hydrogens (tertiary/aromatic N) is 2. The number of rotatable bonds is 3. The minimum atomic E-state index is -0.876. The summed E-state index contributed by atoms with van der Waals surface area (Å²) in [6, 6.07) is 0. The van der Waals surface area contributed by atoms with E-state index >= 15 is 0 Å². The van der Waals surface area contributed by atoms with Crippen LogP contribution in [0.5, 0.6) is 0 Å². The Kier molecular flexibility index (Phi) is 2.05. The first kappa shape index (κ1) is 7.52. The van der Waals surface area contributed by atoms with Crippen LogP contribution in [-0.2, 0) is 11.3 Å². The molecule has 0 bridgehead atoms. The van der Waals surface area contributed by atoms with Crippen LogP contribution in [0, 0.1) is 0 Å². The fraction of sp³-hybridized carbons (Fsp3) is 0.400. The molecule has 1 aromatic heterocycles. The summed E-state index contributed by atoms with van der Waals surface area (Å²) in [6.45, 7) is 0.274. The van der Waals surface area contributed by atoms with Crippen molar-refractivity contribution in [2.24, 2.45) is 0 Å². The van der Waals surface area contributed by atoms with E-state index in [4.69, 9.17) is 10.8 Å². The molecule has 6 nitrogen and oxygen atoms in total. The van der Waals surface area contributed by atoms with Gasteiger partial charge in [-0.1, -0.05) is 0 Å². The van der Waals surface area contributed by atoms with Crippen LogP contribution >= 0.6 is 0 Å². The Balaban J connectivity index is 2.45. The Morgan fingerprint density at radius 2 is 2.64 bits per heavy atom. The first-order valence-electron chi connectivity index (χ1n) is 3.02. The summed E-state index contributed by atoms with van der Waals surface area (Å²) >= 11 is 0. The third-order valence-corrected chi connectivity index (χ3v) is 1.08. The number of aromatic nitrogens is 2. The van der Waals surface area contributed by atoms with Crippen LogP contribution in [0.2, 0.25) is 0 Å². The second-order valence-corrected chi connectivity index (χ2v) is 2.01. The second-order valence-electron chi connectivity index (χ2n) is 2.01. The average molecular weight is 158 g/mol. The molecule has 3 N–H and O–H groups in total. The molecule has 1 heterocycles. The number of hydrogen-bond donors (Lipinski definition) is 2. The van der Waals surface area contributed by atoms with E-state index in [0.717, 1.165) is 0 Å². The summed E-state index contributed by atoms with van der Waals surface area (Å²) in [4.78, 5) is 10.1. The molecule has 0 radical (unpaired) electrons. The van der Waals surface area contributed by atoms with Gasteiger partial charge in [-0.05, 0) is 4.68 Å². The second kappa shape index (κ2) is 3.00. The number of carboxylic acid groups (broad SMARTS) is 1. The van der Waals surface area contributed by atoms with E-state index in [2.05, 4.69) is 9.79 Å². The number of hydrogen-bond acceptors (Lipinski definition) is 4. The van der Waals surface area contributed by atoms with E-state index in [1.165, 1.54) is 10.9 Å². The molecule has 0 atom stereocenters. The molecule has 0 amide bonds. The number of anilines is 1. The van der Waals surface area contributed by atoms with Crippen molar-refractivity contribution in [2.75, 3.05) is 5.73 Å². The van der Waals surface area contributed by atoms with E-state index in [-0.39, 0.29) is 18.8 Å². The van der Waals surface area contributed by atoms with Gasteiger partial charge >= 0.3 is 5.97 Å². The monoisotopic (exact) mass is 158 g/mol. The average Bonchev–Trinajstić information content (AvgIpc) is 2.31. The molecule has 0 aromatic carbocycles. The van der Waals surface area contributed by atoms with Gasteiger partial charge in [0.25, 0.3) is 12.1 Å². The van der Waals surface area contributed by atoms with Gasteiger partial charge in [-0.3, -0.25) is 9.32 Å². The van der Waals surface area contributed by atoms with Crippen LogP contribution in [0.15, 0.2) is 10.7 Å². The normalized spacial score (nSPS) is 9.82. The zero-order valence-corrected chi connectivity index (χ0v) is 5.73. The smallest absolute Gasteiger partial charge is 0.309 e. The summed E-state index contributed by atoms with van der Waals surface area (Å²) in [5, 5.41) is 11.7. The predicted octanol–water partition coefficient (Wildman–Crippen LogP) is -0.981. The lowest BCUT2D eigenvalue weighted by Crippen LogP contribution is -2.35. The molecule has 6 heteroatoms. The highest BCUT2D eigenvalue weighted by Gasteiger charge is 2.09. The van der Waals surface area contributed by atoms with Crippen molar-refractivity contribution in [3.63, 3.8) is 0 Å². The van der Waals surface area contributed by atoms with E-state index in [1.54, 1.807) is 0 Å². The number of nitrogens with two attached hydrogens (primary N) is 1. The first-order valence-corrected chi connectivity index (χ1v) is 3.02. The number of carboxylic acids is 1. The third-order valence-electron chi connectivity index (χ3n) is 1.08. The van der Waals surface area contributed by atoms with Crippen molar-refractivity contribution in [3.05, 3.63) is 6.20 Å². The summed E-state index contributed by atoms with van der Waals surface area (Å²) in [7, 11) is 0. The van der Waals surface area contributed by atoms with Crippen LogP contribution in [-0.4, -0.2) is 16.3 Å². The van der Waals surface area contributed by atoms with Crippen LogP contribution in [0.1, 0.15) is 6.42 Å². The van der Waals surface area contributed by atoms with Crippen molar-refractivity contribution in [3.8, 4) is 0 Å². The Bertz CT molecular complexity index is 257. The van der Waals surface area contributed by atoms with Gasteiger partial charge in [0, 0.05) is 0 Å². The predicted molar refractivity (Wildman–Crippen MR) is 33.4 cm³/mol. The highest BCUT2D eigenvalue weighted by molar-refractivity contribution is 5.66.